The van der Waals surface area contributed by atoms with Gasteiger partial charge in [0, 0.05) is 17.4 Å². The third-order valence-electron chi connectivity index (χ3n) is 6.86. The molecule has 0 spiro atoms. The number of rotatable bonds is 3. The van der Waals surface area contributed by atoms with Crippen molar-refractivity contribution in [2.24, 2.45) is 17.3 Å². The summed E-state index contributed by atoms with van der Waals surface area (Å²) in [5.74, 6) is -3.01. The van der Waals surface area contributed by atoms with Crippen LogP contribution in [-0.4, -0.2) is 18.8 Å². The smallest absolute Gasteiger partial charge is 0.327 e. The molecule has 2 aromatic carbocycles. The van der Waals surface area contributed by atoms with Crippen LogP contribution >= 0.6 is 0 Å². The maximum Gasteiger partial charge on any atom is 0.416 e. The van der Waals surface area contributed by atoms with Crippen molar-refractivity contribution < 1.29 is 18.1 Å². The first kappa shape index (κ1) is 23.2. The van der Waals surface area contributed by atoms with E-state index in [-0.39, 0.29) is 5.56 Å². The Morgan fingerprint density at radius 1 is 1.00 bits per heavy atom. The highest BCUT2D eigenvalue weighted by Gasteiger charge is 2.59. The number of alkyl halides is 3. The van der Waals surface area contributed by atoms with E-state index in [1.807, 2.05) is 54.6 Å². The lowest BCUT2D eigenvalue weighted by Gasteiger charge is -2.46. The molecular formula is C26H21F3N5+. The molecule has 0 saturated heterocycles. The third kappa shape index (κ3) is 3.75. The summed E-state index contributed by atoms with van der Waals surface area (Å²) in [7, 11) is 0. The van der Waals surface area contributed by atoms with Crippen LogP contribution in [0.4, 0.5) is 13.2 Å². The zero-order valence-electron chi connectivity index (χ0n) is 18.1. The number of hydrogen-bond donors (Lipinski definition) is 2. The fourth-order valence-corrected chi connectivity index (χ4v) is 5.36. The quantitative estimate of drug-likeness (QED) is 0.684. The standard InChI is InChI=1S/C26H20F3N5/c27-26(28,29)22-9-5-4-8-19(22)23-21-14-34(13-17-6-2-1-3-7-17)11-10-18(21)20(12-30)24(33)25(23,15-31)16-32/h1-10,20-21,23,33H,11,13-14H2/p+1/t20?,21-,23+/m0/s1. The second kappa shape index (κ2) is 8.78. The normalized spacial score (nSPS) is 25.8. The molecule has 2 aliphatic rings. The van der Waals surface area contributed by atoms with Gasteiger partial charge in [0.1, 0.15) is 12.5 Å². The second-order valence-electron chi connectivity index (χ2n) is 8.70. The van der Waals surface area contributed by atoms with Gasteiger partial charge in [0.15, 0.2) is 5.41 Å². The van der Waals surface area contributed by atoms with Crippen molar-refractivity contribution in [1.29, 1.82) is 21.2 Å². The van der Waals surface area contributed by atoms with E-state index in [0.29, 0.717) is 25.2 Å². The van der Waals surface area contributed by atoms with Gasteiger partial charge in [0.2, 0.25) is 0 Å². The molecule has 0 radical (unpaired) electrons. The van der Waals surface area contributed by atoms with E-state index in [9.17, 15) is 29.0 Å². The Hall–Kier alpha value is -3.93. The van der Waals surface area contributed by atoms with Gasteiger partial charge < -0.3 is 10.3 Å². The maximum absolute atomic E-state index is 14.0. The third-order valence-corrected chi connectivity index (χ3v) is 6.86. The van der Waals surface area contributed by atoms with Gasteiger partial charge in [-0.25, -0.2) is 0 Å². The molecule has 2 N–H and O–H groups in total. The minimum absolute atomic E-state index is 0.184. The van der Waals surface area contributed by atoms with Gasteiger partial charge in [-0.05, 0) is 23.3 Å². The molecule has 0 amide bonds. The lowest BCUT2D eigenvalue weighted by Crippen LogP contribution is -3.12. The molecule has 4 atom stereocenters. The van der Waals surface area contributed by atoms with E-state index < -0.39 is 40.6 Å². The summed E-state index contributed by atoms with van der Waals surface area (Å²) in [6.07, 6.45) is -2.88. The minimum Gasteiger partial charge on any atom is -0.327 e. The van der Waals surface area contributed by atoms with Crippen LogP contribution in [0.1, 0.15) is 22.6 Å². The van der Waals surface area contributed by atoms with Crippen LogP contribution in [0, 0.1) is 56.7 Å². The highest BCUT2D eigenvalue weighted by Crippen LogP contribution is 2.54. The molecule has 1 fully saturated rings. The summed E-state index contributed by atoms with van der Waals surface area (Å²) in [6, 6.07) is 20.4. The Kier molecular flexibility index (Phi) is 6.00. The molecule has 34 heavy (non-hydrogen) atoms. The van der Waals surface area contributed by atoms with Crippen molar-refractivity contribution in [2.75, 3.05) is 13.1 Å². The zero-order chi connectivity index (χ0) is 24.5. The van der Waals surface area contributed by atoms with Gasteiger partial charge >= 0.3 is 6.18 Å². The highest BCUT2D eigenvalue weighted by molar-refractivity contribution is 6.00. The van der Waals surface area contributed by atoms with Gasteiger partial charge in [-0.1, -0.05) is 48.5 Å². The molecule has 1 heterocycles. The predicted octanol–water partition coefficient (Wildman–Crippen LogP) is 3.64. The van der Waals surface area contributed by atoms with Crippen molar-refractivity contribution in [2.45, 2.75) is 18.6 Å². The Labute approximate surface area is 195 Å². The lowest BCUT2D eigenvalue weighted by atomic mass is 9.54. The Morgan fingerprint density at radius 3 is 2.26 bits per heavy atom. The molecule has 1 saturated carbocycles. The van der Waals surface area contributed by atoms with Crippen LogP contribution in [0.25, 0.3) is 0 Å². The van der Waals surface area contributed by atoms with E-state index in [2.05, 4.69) is 0 Å². The van der Waals surface area contributed by atoms with Crippen LogP contribution in [0.5, 0.6) is 0 Å². The first-order valence-electron chi connectivity index (χ1n) is 10.8. The van der Waals surface area contributed by atoms with Crippen molar-refractivity contribution in [3.8, 4) is 18.2 Å². The van der Waals surface area contributed by atoms with Crippen molar-refractivity contribution in [1.82, 2.24) is 0 Å². The maximum atomic E-state index is 14.0. The van der Waals surface area contributed by atoms with Gasteiger partial charge in [-0.3, -0.25) is 0 Å². The van der Waals surface area contributed by atoms with E-state index >= 15 is 0 Å². The topological polar surface area (TPSA) is 99.7 Å². The molecule has 1 aliphatic heterocycles. The van der Waals surface area contributed by atoms with E-state index in [1.165, 1.54) is 18.2 Å². The fourth-order valence-electron chi connectivity index (χ4n) is 5.36. The molecule has 0 aromatic heterocycles. The number of nitrogens with zero attached hydrogens (tertiary/aromatic N) is 3. The van der Waals surface area contributed by atoms with Crippen LogP contribution < -0.4 is 4.90 Å². The molecule has 5 nitrogen and oxygen atoms in total. The molecule has 170 valence electrons. The molecule has 1 aliphatic carbocycles. The second-order valence-corrected chi connectivity index (χ2v) is 8.70. The Balaban J connectivity index is 1.89. The molecule has 8 heteroatoms. The molecular weight excluding hydrogens is 439 g/mol. The zero-order valence-corrected chi connectivity index (χ0v) is 18.1. The van der Waals surface area contributed by atoms with Gasteiger partial charge in [0.05, 0.1) is 42.6 Å². The summed E-state index contributed by atoms with van der Waals surface area (Å²) in [5.41, 5.74) is -2.15. The summed E-state index contributed by atoms with van der Waals surface area (Å²) in [5, 5.41) is 38.7. The Bertz CT molecular complexity index is 1250. The summed E-state index contributed by atoms with van der Waals surface area (Å²) in [4.78, 5) is 1.05. The SMILES string of the molecule is N#CC1C(=N)C(C#N)(C#N)[C@H](c2ccccc2C(F)(F)F)[C@H]2C[NH+](Cc3ccccc3)CC=C12. The number of nitrogens with one attached hydrogen (secondary N) is 2. The molecule has 2 aromatic rings. The largest absolute Gasteiger partial charge is 0.416 e. The van der Waals surface area contributed by atoms with Crippen molar-refractivity contribution >= 4 is 5.71 Å². The predicted molar refractivity (Wildman–Crippen MR) is 117 cm³/mol. The number of quaternary nitrogens is 1. The van der Waals surface area contributed by atoms with Crippen molar-refractivity contribution in [3.63, 3.8) is 0 Å². The summed E-state index contributed by atoms with van der Waals surface area (Å²) >= 11 is 0. The van der Waals surface area contributed by atoms with E-state index in [0.717, 1.165) is 16.5 Å². The summed E-state index contributed by atoms with van der Waals surface area (Å²) in [6.45, 7) is 1.48. The number of fused-ring (bicyclic) bond motifs is 1. The molecule has 0 bridgehead atoms. The van der Waals surface area contributed by atoms with Gasteiger partial charge in [-0.2, -0.15) is 29.0 Å². The molecule has 4 rings (SSSR count). The van der Waals surface area contributed by atoms with Crippen LogP contribution in [0.2, 0.25) is 0 Å². The van der Waals surface area contributed by atoms with E-state index in [1.54, 1.807) is 0 Å². The average molecular weight is 460 g/mol. The van der Waals surface area contributed by atoms with Crippen molar-refractivity contribution in [3.05, 3.63) is 82.9 Å². The van der Waals surface area contributed by atoms with Crippen LogP contribution in [-0.2, 0) is 12.7 Å². The number of halogens is 3. The van der Waals surface area contributed by atoms with Crippen LogP contribution in [0.3, 0.4) is 0 Å². The molecule has 2 unspecified atom stereocenters. The number of nitriles is 3. The Morgan fingerprint density at radius 2 is 1.65 bits per heavy atom. The van der Waals surface area contributed by atoms with Crippen LogP contribution in [0.15, 0.2) is 66.2 Å². The van der Waals surface area contributed by atoms with Gasteiger partial charge in [0.25, 0.3) is 0 Å². The summed E-state index contributed by atoms with van der Waals surface area (Å²) < 4.78 is 42.0. The first-order chi connectivity index (χ1) is 16.3. The van der Waals surface area contributed by atoms with E-state index in [4.69, 9.17) is 5.41 Å². The number of benzene rings is 2. The minimum atomic E-state index is -4.70. The van der Waals surface area contributed by atoms with Gasteiger partial charge in [-0.15, -0.1) is 0 Å². The lowest BCUT2D eigenvalue weighted by molar-refractivity contribution is -0.913. The highest BCUT2D eigenvalue weighted by atomic mass is 19.4. The monoisotopic (exact) mass is 460 g/mol. The average Bonchev–Trinajstić information content (AvgIpc) is 2.84. The fraction of sp³-hybridized carbons (Fsp3) is 0.308. The number of hydrogen-bond acceptors (Lipinski definition) is 4. The first-order valence-corrected chi connectivity index (χ1v) is 10.8.